The van der Waals surface area contributed by atoms with E-state index in [1.54, 1.807) is 9.47 Å². The molecule has 1 atom stereocenters. The molecule has 0 rings (SSSR count). The van der Waals surface area contributed by atoms with Crippen LogP contribution in [0, 0.1) is 0 Å². The Morgan fingerprint density at radius 2 is 1.71 bits per heavy atom. The van der Waals surface area contributed by atoms with E-state index in [2.05, 4.69) is 4.52 Å². The molecule has 0 spiro atoms. The van der Waals surface area contributed by atoms with Crippen LogP contribution in [0.2, 0.25) is 0 Å². The summed E-state index contributed by atoms with van der Waals surface area (Å²) < 4.78 is 3.58. The Hall–Kier alpha value is 2.97. The molecule has 0 aliphatic carbocycles. The van der Waals surface area contributed by atoms with Gasteiger partial charge >= 0.3 is 109 Å². The maximum absolute atomic E-state index is 9.12. The van der Waals surface area contributed by atoms with Crippen molar-refractivity contribution in [3.8, 4) is 0 Å². The Bertz CT molecular complexity index is 48.2. The van der Waals surface area contributed by atoms with Crippen molar-refractivity contribution < 1.29 is 14.4 Å². The van der Waals surface area contributed by atoms with E-state index in [1.165, 1.54) is 0 Å². The molecule has 0 saturated heterocycles. The number of hydrogen-bond acceptors (Lipinski definition) is 2. The van der Waals surface area contributed by atoms with Crippen LogP contribution in [-0.2, 0) is 4.52 Å². The summed E-state index contributed by atoms with van der Waals surface area (Å²) in [5, 5.41) is 7.48. The van der Waals surface area contributed by atoms with Crippen molar-refractivity contribution in [1.82, 2.24) is 0 Å². The van der Waals surface area contributed by atoms with Crippen LogP contribution in [-0.4, -0.2) is 114 Å². The van der Waals surface area contributed by atoms with Gasteiger partial charge in [0.05, 0.1) is 9.47 Å². The molecule has 0 aromatic rings. The van der Waals surface area contributed by atoms with E-state index in [1.807, 2.05) is 0 Å². The van der Waals surface area contributed by atoms with Gasteiger partial charge in [0.1, 0.15) is 0 Å². The van der Waals surface area contributed by atoms with E-state index in [0.717, 1.165) is 0 Å². The third kappa shape index (κ3) is 17.6. The van der Waals surface area contributed by atoms with Crippen molar-refractivity contribution in [3.63, 3.8) is 0 Å². The second-order valence-corrected chi connectivity index (χ2v) is 0.619. The van der Waals surface area contributed by atoms with Crippen LogP contribution < -0.4 is 0 Å². The SMILES string of the molecule is O=C(O)OP.[KH].[KH]. The van der Waals surface area contributed by atoms with E-state index in [4.69, 9.17) is 9.90 Å². The first-order valence-electron chi connectivity index (χ1n) is 0.868. The van der Waals surface area contributed by atoms with Gasteiger partial charge in [0.25, 0.3) is 0 Å². The molecule has 0 aliphatic heterocycles. The molecule has 1 N–H and O–H groups in total. The van der Waals surface area contributed by atoms with Crippen LogP contribution in [0.1, 0.15) is 0 Å². The molecule has 7 heavy (non-hydrogen) atoms. The predicted octanol–water partition coefficient (Wildman–Crippen LogP) is -0.826. The van der Waals surface area contributed by atoms with Crippen molar-refractivity contribution in [2.75, 3.05) is 0 Å². The Morgan fingerprint density at radius 3 is 1.71 bits per heavy atom. The van der Waals surface area contributed by atoms with Crippen LogP contribution in [0.15, 0.2) is 0 Å². The molecule has 34 valence electrons. The van der Waals surface area contributed by atoms with E-state index >= 15 is 0 Å². The Balaban J connectivity index is -0.0000000800. The first-order chi connectivity index (χ1) is 2.27. The van der Waals surface area contributed by atoms with Crippen molar-refractivity contribution in [1.29, 1.82) is 0 Å². The molecule has 0 fully saturated rings. The van der Waals surface area contributed by atoms with Crippen molar-refractivity contribution in [3.05, 3.63) is 0 Å². The molecule has 0 bridgehead atoms. The van der Waals surface area contributed by atoms with Crippen molar-refractivity contribution >= 4 is 118 Å². The zero-order chi connectivity index (χ0) is 4.28. The summed E-state index contributed by atoms with van der Waals surface area (Å²) in [4.78, 5) is 9.12. The normalized spacial score (nSPS) is 4.71. The summed E-state index contributed by atoms with van der Waals surface area (Å²) >= 11 is 0. The third-order valence-corrected chi connectivity index (χ3v) is 0.302. The summed E-state index contributed by atoms with van der Waals surface area (Å²) in [6, 6.07) is 0. The van der Waals surface area contributed by atoms with Gasteiger partial charge in [-0.2, -0.15) is 0 Å². The molecule has 0 aliphatic rings. The molecule has 1 unspecified atom stereocenters. The van der Waals surface area contributed by atoms with Gasteiger partial charge in [-0.1, -0.05) is 0 Å². The molecule has 0 saturated carbocycles. The molecule has 0 radical (unpaired) electrons. The number of carbonyl (C=O) groups is 1. The summed E-state index contributed by atoms with van der Waals surface area (Å²) in [6.07, 6.45) is -1.28. The topological polar surface area (TPSA) is 46.5 Å². The maximum atomic E-state index is 9.12. The summed E-state index contributed by atoms with van der Waals surface area (Å²) in [5.41, 5.74) is 0. The van der Waals surface area contributed by atoms with Gasteiger partial charge in [-0.25, -0.2) is 4.79 Å². The predicted molar refractivity (Wildman–Crippen MR) is 33.1 cm³/mol. The monoisotopic (exact) mass is 174 g/mol. The molecule has 3 nitrogen and oxygen atoms in total. The Kier molecular flexibility index (Phi) is 27.7. The van der Waals surface area contributed by atoms with Crippen LogP contribution in [0.25, 0.3) is 0 Å². The number of rotatable bonds is 0. The third-order valence-electron chi connectivity index (χ3n) is 0.101. The van der Waals surface area contributed by atoms with E-state index in [-0.39, 0.29) is 103 Å². The van der Waals surface area contributed by atoms with Gasteiger partial charge in [0.15, 0.2) is 0 Å². The summed E-state index contributed by atoms with van der Waals surface area (Å²) in [6.45, 7) is 0. The molecular weight excluding hydrogens is 169 g/mol. The number of hydrogen-bond donors (Lipinski definition) is 1. The summed E-state index contributed by atoms with van der Waals surface area (Å²) in [7, 11) is 1.59. The molecule has 0 aromatic carbocycles. The van der Waals surface area contributed by atoms with E-state index in [0.29, 0.717) is 0 Å². The fourth-order valence-corrected chi connectivity index (χ4v) is 0. The molecule has 0 amide bonds. The van der Waals surface area contributed by atoms with Crippen LogP contribution in [0.4, 0.5) is 4.79 Å². The number of carboxylic acid groups (broad SMARTS) is 1. The average Bonchev–Trinajstić information content (AvgIpc) is 1.38. The van der Waals surface area contributed by atoms with Crippen molar-refractivity contribution in [2.45, 2.75) is 0 Å². The van der Waals surface area contributed by atoms with Crippen LogP contribution >= 0.6 is 9.47 Å². The van der Waals surface area contributed by atoms with E-state index in [9.17, 15) is 0 Å². The van der Waals surface area contributed by atoms with Gasteiger partial charge in [0, 0.05) is 0 Å². The van der Waals surface area contributed by atoms with Gasteiger partial charge in [-0.05, 0) is 0 Å². The Labute approximate surface area is 129 Å². The standard InChI is InChI=1S/CH3O3P.2K.2H/c2-1(3)4-5;;;;/h5H2,(H,2,3);;;;. The van der Waals surface area contributed by atoms with Gasteiger partial charge < -0.3 is 9.63 Å². The van der Waals surface area contributed by atoms with Gasteiger partial charge in [-0.3, -0.25) is 0 Å². The minimum absolute atomic E-state index is 0. The average molecular weight is 174 g/mol. The fourth-order valence-electron chi connectivity index (χ4n) is 0. The quantitative estimate of drug-likeness (QED) is 0.385. The van der Waals surface area contributed by atoms with E-state index < -0.39 is 6.16 Å². The van der Waals surface area contributed by atoms with Crippen LogP contribution in [0.5, 0.6) is 0 Å². The second kappa shape index (κ2) is 11.7. The van der Waals surface area contributed by atoms with Crippen LogP contribution in [0.3, 0.4) is 0 Å². The zero-order valence-corrected chi connectivity index (χ0v) is 3.50. The molecule has 0 heterocycles. The first kappa shape index (κ1) is 16.5. The fraction of sp³-hybridized carbons (Fsp3) is 0. The molecular formula is CH5K2O3P. The van der Waals surface area contributed by atoms with Crippen molar-refractivity contribution in [2.24, 2.45) is 0 Å². The van der Waals surface area contributed by atoms with Gasteiger partial charge in [-0.15, -0.1) is 0 Å². The Morgan fingerprint density at radius 1 is 1.57 bits per heavy atom. The molecule has 0 aromatic heterocycles. The van der Waals surface area contributed by atoms with Gasteiger partial charge in [0.2, 0.25) is 0 Å². The first-order valence-corrected chi connectivity index (χ1v) is 1.34. The zero-order valence-electron chi connectivity index (χ0n) is 2.34. The minimum atomic E-state index is -1.28. The second-order valence-electron chi connectivity index (χ2n) is 0.384. The molecule has 6 heteroatoms. The summed E-state index contributed by atoms with van der Waals surface area (Å²) in [5.74, 6) is 0.